The summed E-state index contributed by atoms with van der Waals surface area (Å²) < 4.78 is 16.5. The highest BCUT2D eigenvalue weighted by Crippen LogP contribution is 2.25. The molecule has 37 heavy (non-hydrogen) atoms. The molecule has 1 heterocycles. The summed E-state index contributed by atoms with van der Waals surface area (Å²) >= 11 is 0. The molecule has 202 valence electrons. The predicted octanol–water partition coefficient (Wildman–Crippen LogP) is 5.47. The van der Waals surface area contributed by atoms with E-state index in [4.69, 9.17) is 9.47 Å². The third-order valence-corrected chi connectivity index (χ3v) is 5.07. The highest BCUT2D eigenvalue weighted by molar-refractivity contribution is 6.05. The van der Waals surface area contributed by atoms with Crippen molar-refractivity contribution >= 4 is 23.3 Å². The first-order chi connectivity index (χ1) is 17.8. The van der Waals surface area contributed by atoms with E-state index >= 15 is 0 Å². The molecule has 0 unspecified atom stereocenters. The van der Waals surface area contributed by atoms with Gasteiger partial charge in [0.2, 0.25) is 0 Å². The zero-order valence-corrected chi connectivity index (χ0v) is 22.7. The van der Waals surface area contributed by atoms with Crippen molar-refractivity contribution in [3.8, 4) is 5.75 Å². The topological polar surface area (TPSA) is 125 Å². The number of hydrogen-bond acceptors (Lipinski definition) is 8. The van der Waals surface area contributed by atoms with Crippen LogP contribution >= 0.6 is 0 Å². The van der Waals surface area contributed by atoms with Crippen molar-refractivity contribution < 1.29 is 28.9 Å². The first kappa shape index (κ1) is 31.0. The molecular formula is C27H38N4O6. The van der Waals surface area contributed by atoms with Crippen molar-refractivity contribution in [1.29, 1.82) is 0 Å². The summed E-state index contributed by atoms with van der Waals surface area (Å²) in [7, 11) is 4.24. The number of phenols is 1. The summed E-state index contributed by atoms with van der Waals surface area (Å²) in [6, 6.07) is 3.97. The lowest BCUT2D eigenvalue weighted by atomic mass is 10.2. The number of methoxy groups -OCH3 is 3. The first-order valence-corrected chi connectivity index (χ1v) is 12.0. The van der Waals surface area contributed by atoms with Gasteiger partial charge in [-0.25, -0.2) is 9.48 Å². The van der Waals surface area contributed by atoms with Crippen molar-refractivity contribution in [2.24, 2.45) is 0 Å². The number of phenolic OH excluding ortho intramolecular Hbond substituents is 1. The van der Waals surface area contributed by atoms with E-state index < -0.39 is 11.9 Å². The monoisotopic (exact) mass is 514 g/mol. The lowest BCUT2D eigenvalue weighted by Crippen LogP contribution is -2.15. The lowest BCUT2D eigenvalue weighted by Gasteiger charge is -2.09. The summed E-state index contributed by atoms with van der Waals surface area (Å²) in [6.45, 7) is 7.96. The van der Waals surface area contributed by atoms with E-state index in [1.807, 2.05) is 13.0 Å². The van der Waals surface area contributed by atoms with Crippen LogP contribution in [-0.4, -0.2) is 53.3 Å². The normalized spacial score (nSPS) is 11.5. The van der Waals surface area contributed by atoms with Gasteiger partial charge in [-0.2, -0.15) is 0 Å². The van der Waals surface area contributed by atoms with Gasteiger partial charge >= 0.3 is 5.97 Å². The fraction of sp³-hybridized carbons (Fsp3) is 0.407. The fourth-order valence-electron chi connectivity index (χ4n) is 3.10. The molecule has 2 rings (SSSR count). The molecule has 0 radical (unpaired) electrons. The Balaban J connectivity index is 0.00000102. The van der Waals surface area contributed by atoms with E-state index in [1.165, 1.54) is 76.2 Å². The number of rotatable bonds is 11. The number of benzene rings is 1. The Hall–Kier alpha value is -4.08. The smallest absolute Gasteiger partial charge is 0.337 e. The van der Waals surface area contributed by atoms with E-state index in [9.17, 15) is 14.7 Å². The van der Waals surface area contributed by atoms with E-state index in [0.29, 0.717) is 17.2 Å². The number of aromatic nitrogens is 3. The average Bonchev–Trinajstić information content (AvgIpc) is 3.29. The largest absolute Gasteiger partial charge is 0.506 e. The van der Waals surface area contributed by atoms with E-state index in [1.54, 1.807) is 19.1 Å². The molecule has 0 spiro atoms. The van der Waals surface area contributed by atoms with Gasteiger partial charge in [-0.1, -0.05) is 50.8 Å². The predicted molar refractivity (Wildman–Crippen MR) is 143 cm³/mol. The summed E-state index contributed by atoms with van der Waals surface area (Å²) in [4.78, 5) is 24.5. The van der Waals surface area contributed by atoms with Crippen molar-refractivity contribution in [3.63, 3.8) is 0 Å². The Morgan fingerprint density at radius 3 is 2.32 bits per heavy atom. The molecule has 0 aliphatic rings. The molecule has 0 saturated heterocycles. The van der Waals surface area contributed by atoms with Gasteiger partial charge in [0.25, 0.3) is 5.91 Å². The number of hydrogen-bond donors (Lipinski definition) is 2. The fourth-order valence-corrected chi connectivity index (χ4v) is 3.10. The Labute approximate surface area is 218 Å². The molecule has 1 aromatic carbocycles. The molecule has 0 saturated carbocycles. The van der Waals surface area contributed by atoms with E-state index in [2.05, 4.69) is 34.2 Å². The van der Waals surface area contributed by atoms with Crippen molar-refractivity contribution in [2.45, 2.75) is 53.4 Å². The molecule has 2 N–H and O–H groups in total. The maximum absolute atomic E-state index is 12.8. The number of aromatic hydroxyl groups is 1. The third-order valence-electron chi connectivity index (χ3n) is 5.07. The number of carbonyl (C=O) groups is 2. The number of nitrogens with zero attached hydrogens (tertiary/aromatic N) is 3. The molecule has 0 fully saturated rings. The minimum absolute atomic E-state index is 0.0169. The van der Waals surface area contributed by atoms with Gasteiger partial charge in [-0.3, -0.25) is 4.79 Å². The lowest BCUT2D eigenvalue weighted by molar-refractivity contribution is 0.0600. The van der Waals surface area contributed by atoms with Gasteiger partial charge in [-0.15, -0.1) is 5.10 Å². The number of unbranched alkanes of at least 4 members (excludes halogenated alkanes) is 3. The highest BCUT2D eigenvalue weighted by Gasteiger charge is 2.20. The van der Waals surface area contributed by atoms with Crippen LogP contribution in [0, 0.1) is 6.92 Å². The number of carbonyl (C=O) groups excluding carboxylic acids is 2. The number of amides is 1. The molecule has 1 amide bonds. The Morgan fingerprint density at radius 1 is 1.11 bits per heavy atom. The molecule has 0 aliphatic heterocycles. The van der Waals surface area contributed by atoms with Crippen molar-refractivity contribution in [3.05, 3.63) is 65.4 Å². The zero-order chi connectivity index (χ0) is 27.8. The number of ether oxygens (including phenoxy) is 3. The Morgan fingerprint density at radius 2 is 1.78 bits per heavy atom. The number of esters is 1. The van der Waals surface area contributed by atoms with Gasteiger partial charge in [-0.05, 0) is 38.1 Å². The summed E-state index contributed by atoms with van der Waals surface area (Å²) in [5, 5.41) is 20.5. The SMILES string of the molecule is CCCCCC.C\C=C/C(=C\C(=C\OC)n1nnc(C(=O)Nc2cc(C(=O)OC)ccc2O)c1C)OC. The Kier molecular flexibility index (Phi) is 13.9. The molecule has 10 nitrogen and oxygen atoms in total. The molecule has 0 bridgehead atoms. The van der Waals surface area contributed by atoms with Gasteiger partial charge < -0.3 is 24.6 Å². The second kappa shape index (κ2) is 16.6. The molecule has 0 atom stereocenters. The van der Waals surface area contributed by atoms with Crippen molar-refractivity contribution in [2.75, 3.05) is 26.6 Å². The second-order valence-corrected chi connectivity index (χ2v) is 7.85. The third kappa shape index (κ3) is 9.47. The zero-order valence-electron chi connectivity index (χ0n) is 22.7. The second-order valence-electron chi connectivity index (χ2n) is 7.85. The first-order valence-electron chi connectivity index (χ1n) is 12.0. The summed E-state index contributed by atoms with van der Waals surface area (Å²) in [5.74, 6) is -0.905. The highest BCUT2D eigenvalue weighted by atomic mass is 16.5. The molecule has 1 aromatic heterocycles. The summed E-state index contributed by atoms with van der Waals surface area (Å²) in [5.41, 5.74) is 1.10. The van der Waals surface area contributed by atoms with Crippen LogP contribution in [-0.2, 0) is 14.2 Å². The average molecular weight is 515 g/mol. The van der Waals surface area contributed by atoms with E-state index in [0.717, 1.165) is 0 Å². The van der Waals surface area contributed by atoms with E-state index in [-0.39, 0.29) is 22.7 Å². The molecular weight excluding hydrogens is 476 g/mol. The molecule has 10 heteroatoms. The minimum atomic E-state index is -0.623. The van der Waals surface area contributed by atoms with Crippen LogP contribution in [0.3, 0.4) is 0 Å². The van der Waals surface area contributed by atoms with Gasteiger partial charge in [0.15, 0.2) is 5.69 Å². The van der Waals surface area contributed by atoms with Crippen molar-refractivity contribution in [1.82, 2.24) is 15.0 Å². The van der Waals surface area contributed by atoms with Gasteiger partial charge in [0.05, 0.1) is 38.3 Å². The molecule has 2 aromatic rings. The van der Waals surface area contributed by atoms with Crippen LogP contribution in [0.4, 0.5) is 5.69 Å². The van der Waals surface area contributed by atoms with Crippen LogP contribution in [0.25, 0.3) is 5.70 Å². The van der Waals surface area contributed by atoms with Crippen LogP contribution in [0.2, 0.25) is 0 Å². The maximum Gasteiger partial charge on any atom is 0.337 e. The number of anilines is 1. The number of nitrogens with one attached hydrogen (secondary N) is 1. The summed E-state index contributed by atoms with van der Waals surface area (Å²) in [6.07, 6.45) is 12.2. The van der Waals surface area contributed by atoms with Crippen LogP contribution in [0.1, 0.15) is 73.0 Å². The van der Waals surface area contributed by atoms with Gasteiger partial charge in [0, 0.05) is 6.08 Å². The molecule has 0 aliphatic carbocycles. The number of allylic oxidation sites excluding steroid dienone is 4. The van der Waals surface area contributed by atoms with Crippen LogP contribution in [0.5, 0.6) is 5.75 Å². The van der Waals surface area contributed by atoms with Crippen LogP contribution < -0.4 is 5.32 Å². The maximum atomic E-state index is 12.8. The quantitative estimate of drug-likeness (QED) is 0.133. The standard InChI is InChI=1S/C21H24N4O6.C6H14/c1-6-7-16(30-4)11-15(12-29-3)25-13(2)19(23-24-25)20(27)22-17-10-14(21(28)31-5)8-9-18(17)26;1-3-5-6-4-2/h6-12,26H,1-5H3,(H,22,27);3-6H2,1-2H3/b7-6-,15-12-,16-11+;. The Bertz CT molecular complexity index is 1110. The van der Waals surface area contributed by atoms with Gasteiger partial charge in [0.1, 0.15) is 23.5 Å². The van der Waals surface area contributed by atoms with Crippen LogP contribution in [0.15, 0.2) is 48.4 Å². The minimum Gasteiger partial charge on any atom is -0.506 e.